The summed E-state index contributed by atoms with van der Waals surface area (Å²) in [5.41, 5.74) is 0.913. The SMILES string of the molecule is Cc1nc2c3cc(Cl)c(F)cc3nc(Cl)n2n1. The number of hydrogen-bond acceptors (Lipinski definition) is 3. The molecule has 0 spiro atoms. The molecule has 0 aliphatic carbocycles. The van der Waals surface area contributed by atoms with Gasteiger partial charge >= 0.3 is 0 Å². The number of hydrogen-bond donors (Lipinski definition) is 0. The lowest BCUT2D eigenvalue weighted by atomic mass is 10.2. The Morgan fingerprint density at radius 2 is 2.00 bits per heavy atom. The van der Waals surface area contributed by atoms with Crippen molar-refractivity contribution < 1.29 is 4.39 Å². The maximum atomic E-state index is 13.3. The second-order valence-electron chi connectivity index (χ2n) is 3.56. The molecule has 0 saturated carbocycles. The van der Waals surface area contributed by atoms with E-state index in [9.17, 15) is 4.39 Å². The first-order chi connectivity index (χ1) is 8.06. The number of aromatic nitrogens is 4. The van der Waals surface area contributed by atoms with E-state index in [4.69, 9.17) is 23.2 Å². The molecular formula is C10H5Cl2FN4. The van der Waals surface area contributed by atoms with Crippen LogP contribution in [0.25, 0.3) is 16.6 Å². The highest BCUT2D eigenvalue weighted by Crippen LogP contribution is 2.26. The molecule has 0 bridgehead atoms. The van der Waals surface area contributed by atoms with Crippen molar-refractivity contribution in [1.82, 2.24) is 19.6 Å². The Labute approximate surface area is 105 Å². The van der Waals surface area contributed by atoms with Gasteiger partial charge in [-0.05, 0) is 24.6 Å². The van der Waals surface area contributed by atoms with Crippen LogP contribution in [0.5, 0.6) is 0 Å². The molecule has 2 aromatic heterocycles. The van der Waals surface area contributed by atoms with Crippen molar-refractivity contribution >= 4 is 39.8 Å². The van der Waals surface area contributed by atoms with Crippen LogP contribution >= 0.6 is 23.2 Å². The summed E-state index contributed by atoms with van der Waals surface area (Å²) in [7, 11) is 0. The minimum absolute atomic E-state index is 0.0178. The van der Waals surface area contributed by atoms with Crippen molar-refractivity contribution in [2.45, 2.75) is 6.92 Å². The Morgan fingerprint density at radius 1 is 1.24 bits per heavy atom. The summed E-state index contributed by atoms with van der Waals surface area (Å²) >= 11 is 11.7. The van der Waals surface area contributed by atoms with Crippen LogP contribution in [-0.2, 0) is 0 Å². The normalized spacial score (nSPS) is 11.5. The summed E-state index contributed by atoms with van der Waals surface area (Å²) in [5, 5.41) is 4.85. The highest BCUT2D eigenvalue weighted by atomic mass is 35.5. The highest BCUT2D eigenvalue weighted by Gasteiger charge is 2.12. The van der Waals surface area contributed by atoms with Gasteiger partial charge in [0.25, 0.3) is 0 Å². The molecule has 0 unspecified atom stereocenters. The first kappa shape index (κ1) is 10.7. The van der Waals surface area contributed by atoms with Gasteiger partial charge in [0.2, 0.25) is 5.28 Å². The van der Waals surface area contributed by atoms with Crippen LogP contribution in [0, 0.1) is 12.7 Å². The van der Waals surface area contributed by atoms with Gasteiger partial charge in [-0.1, -0.05) is 11.6 Å². The van der Waals surface area contributed by atoms with E-state index in [2.05, 4.69) is 15.1 Å². The van der Waals surface area contributed by atoms with Crippen LogP contribution in [0.2, 0.25) is 10.3 Å². The van der Waals surface area contributed by atoms with E-state index in [1.165, 1.54) is 16.6 Å². The smallest absolute Gasteiger partial charge is 0.218 e. The molecule has 0 aliphatic rings. The predicted molar refractivity (Wildman–Crippen MR) is 63.0 cm³/mol. The Hall–Kier alpha value is -1.46. The minimum Gasteiger partial charge on any atom is -0.218 e. The maximum Gasteiger partial charge on any atom is 0.226 e. The molecule has 7 heteroatoms. The Morgan fingerprint density at radius 3 is 2.76 bits per heavy atom. The Bertz CT molecular complexity index is 753. The van der Waals surface area contributed by atoms with Crippen LogP contribution in [0.15, 0.2) is 12.1 Å². The predicted octanol–water partition coefficient (Wildman–Crippen LogP) is 3.03. The first-order valence-corrected chi connectivity index (χ1v) is 5.49. The molecule has 0 fully saturated rings. The van der Waals surface area contributed by atoms with E-state index >= 15 is 0 Å². The molecule has 17 heavy (non-hydrogen) atoms. The zero-order valence-corrected chi connectivity index (χ0v) is 10.1. The number of rotatable bonds is 0. The van der Waals surface area contributed by atoms with Gasteiger partial charge in [-0.3, -0.25) is 0 Å². The minimum atomic E-state index is -0.539. The zero-order valence-electron chi connectivity index (χ0n) is 8.58. The number of fused-ring (bicyclic) bond motifs is 3. The zero-order chi connectivity index (χ0) is 12.2. The molecule has 1 aromatic carbocycles. The number of nitrogens with zero attached hydrogens (tertiary/aromatic N) is 4. The quantitative estimate of drug-likeness (QED) is 0.590. The molecule has 0 aliphatic heterocycles. The van der Waals surface area contributed by atoms with Crippen molar-refractivity contribution in [2.24, 2.45) is 0 Å². The topological polar surface area (TPSA) is 43.1 Å². The molecule has 86 valence electrons. The summed E-state index contributed by atoms with van der Waals surface area (Å²) in [6.07, 6.45) is 0. The van der Waals surface area contributed by atoms with E-state index in [0.717, 1.165) is 0 Å². The fraction of sp³-hybridized carbons (Fsp3) is 0.100. The van der Waals surface area contributed by atoms with Crippen molar-refractivity contribution in [3.05, 3.63) is 34.1 Å². The third kappa shape index (κ3) is 1.54. The van der Waals surface area contributed by atoms with Gasteiger partial charge in [-0.15, -0.1) is 5.10 Å². The highest BCUT2D eigenvalue weighted by molar-refractivity contribution is 6.32. The first-order valence-electron chi connectivity index (χ1n) is 4.74. The molecule has 0 saturated heterocycles. The molecule has 3 aromatic rings. The van der Waals surface area contributed by atoms with Gasteiger partial charge in [-0.2, -0.15) is 4.52 Å². The fourth-order valence-electron chi connectivity index (χ4n) is 1.67. The third-order valence-electron chi connectivity index (χ3n) is 2.38. The lowest BCUT2D eigenvalue weighted by Crippen LogP contribution is -1.95. The number of aryl methyl sites for hydroxylation is 1. The summed E-state index contributed by atoms with van der Waals surface area (Å²) in [4.78, 5) is 8.27. The lowest BCUT2D eigenvalue weighted by Gasteiger charge is -2.02. The molecule has 3 rings (SSSR count). The number of benzene rings is 1. The van der Waals surface area contributed by atoms with Crippen LogP contribution in [0.1, 0.15) is 5.82 Å². The van der Waals surface area contributed by atoms with Crippen LogP contribution in [-0.4, -0.2) is 19.6 Å². The van der Waals surface area contributed by atoms with Gasteiger partial charge in [0.1, 0.15) is 11.6 Å². The average molecular weight is 271 g/mol. The molecular weight excluding hydrogens is 266 g/mol. The monoisotopic (exact) mass is 270 g/mol. The van der Waals surface area contributed by atoms with E-state index in [0.29, 0.717) is 22.4 Å². The third-order valence-corrected chi connectivity index (χ3v) is 2.91. The second kappa shape index (κ2) is 3.51. The molecule has 0 N–H and O–H groups in total. The maximum absolute atomic E-state index is 13.3. The van der Waals surface area contributed by atoms with E-state index in [1.807, 2.05) is 0 Å². The van der Waals surface area contributed by atoms with Crippen LogP contribution in [0.4, 0.5) is 4.39 Å². The average Bonchev–Trinajstić information content (AvgIpc) is 2.64. The Balaban J connectivity index is 2.58. The van der Waals surface area contributed by atoms with E-state index in [1.54, 1.807) is 6.92 Å². The van der Waals surface area contributed by atoms with Gasteiger partial charge in [0, 0.05) is 11.5 Å². The molecule has 0 radical (unpaired) electrons. The van der Waals surface area contributed by atoms with Crippen LogP contribution in [0.3, 0.4) is 0 Å². The van der Waals surface area contributed by atoms with E-state index in [-0.39, 0.29) is 10.3 Å². The molecule has 2 heterocycles. The van der Waals surface area contributed by atoms with E-state index < -0.39 is 5.82 Å². The largest absolute Gasteiger partial charge is 0.226 e. The Kier molecular flexibility index (Phi) is 2.21. The van der Waals surface area contributed by atoms with Gasteiger partial charge in [-0.25, -0.2) is 14.4 Å². The summed E-state index contributed by atoms with van der Waals surface area (Å²) in [6.45, 7) is 1.74. The fourth-order valence-corrected chi connectivity index (χ4v) is 2.05. The number of halogens is 3. The van der Waals surface area contributed by atoms with Gasteiger partial charge in [0.05, 0.1) is 10.5 Å². The summed E-state index contributed by atoms with van der Waals surface area (Å²) < 4.78 is 14.7. The molecule has 0 amide bonds. The molecule has 0 atom stereocenters. The lowest BCUT2D eigenvalue weighted by molar-refractivity contribution is 0.629. The van der Waals surface area contributed by atoms with Gasteiger partial charge < -0.3 is 0 Å². The van der Waals surface area contributed by atoms with Crippen molar-refractivity contribution in [3.8, 4) is 0 Å². The van der Waals surface area contributed by atoms with Gasteiger partial charge in [0.15, 0.2) is 5.65 Å². The summed E-state index contributed by atoms with van der Waals surface area (Å²) in [6, 6.07) is 2.70. The molecule has 4 nitrogen and oxygen atoms in total. The van der Waals surface area contributed by atoms with Crippen molar-refractivity contribution in [3.63, 3.8) is 0 Å². The summed E-state index contributed by atoms with van der Waals surface area (Å²) in [5.74, 6) is 0.0185. The van der Waals surface area contributed by atoms with Crippen molar-refractivity contribution in [2.75, 3.05) is 0 Å². The second-order valence-corrected chi connectivity index (χ2v) is 4.30. The standard InChI is InChI=1S/C10H5Cl2FN4/c1-4-14-9-5-2-6(11)7(13)3-8(5)15-10(12)17(9)16-4/h2-3H,1H3. The van der Waals surface area contributed by atoms with Crippen LogP contribution < -0.4 is 0 Å². The van der Waals surface area contributed by atoms with Crippen molar-refractivity contribution in [1.29, 1.82) is 0 Å².